The molecule has 0 saturated carbocycles. The van der Waals surface area contributed by atoms with E-state index in [1.54, 1.807) is 12.5 Å². The largest absolute Gasteiger partial charge is 0.310 e. The van der Waals surface area contributed by atoms with Crippen molar-refractivity contribution in [1.82, 2.24) is 25.0 Å². The third-order valence-electron chi connectivity index (χ3n) is 2.18. The molecule has 2 heterocycles. The van der Waals surface area contributed by atoms with Crippen molar-refractivity contribution in [3.8, 4) is 11.5 Å². The highest BCUT2D eigenvalue weighted by molar-refractivity contribution is 5.53. The topological polar surface area (TPSA) is 59.4 Å². The van der Waals surface area contributed by atoms with E-state index in [4.69, 9.17) is 0 Å². The van der Waals surface area contributed by atoms with Crippen LogP contribution in [0, 0.1) is 6.92 Å². The molecule has 0 aliphatic heterocycles. The molecule has 0 radical (unpaired) electrons. The zero-order valence-corrected chi connectivity index (χ0v) is 8.52. The summed E-state index contributed by atoms with van der Waals surface area (Å²) >= 11 is 0. The lowest BCUT2D eigenvalue weighted by atomic mass is 10.2. The number of aryl methyl sites for hydroxylation is 1. The van der Waals surface area contributed by atoms with Gasteiger partial charge in [-0.05, 0) is 26.3 Å². The van der Waals surface area contributed by atoms with Gasteiger partial charge in [-0.3, -0.25) is 5.10 Å². The number of nitrogens with one attached hydrogen (secondary N) is 1. The lowest BCUT2D eigenvalue weighted by molar-refractivity contribution is 0.602. The maximum absolute atomic E-state index is 4.08. The van der Waals surface area contributed by atoms with Gasteiger partial charge in [0, 0.05) is 6.04 Å². The van der Waals surface area contributed by atoms with Gasteiger partial charge in [-0.2, -0.15) is 5.10 Å². The molecular formula is C9H13N5. The molecule has 0 aliphatic rings. The first-order chi connectivity index (χ1) is 6.70. The molecule has 14 heavy (non-hydrogen) atoms. The molecule has 0 bridgehead atoms. The van der Waals surface area contributed by atoms with Crippen molar-refractivity contribution in [2.24, 2.45) is 0 Å². The van der Waals surface area contributed by atoms with E-state index in [2.05, 4.69) is 34.2 Å². The first kappa shape index (κ1) is 8.93. The van der Waals surface area contributed by atoms with Gasteiger partial charge in [-0.1, -0.05) is 0 Å². The van der Waals surface area contributed by atoms with Crippen LogP contribution >= 0.6 is 0 Å². The van der Waals surface area contributed by atoms with E-state index in [0.717, 1.165) is 17.1 Å². The van der Waals surface area contributed by atoms with Crippen molar-refractivity contribution in [1.29, 1.82) is 0 Å². The lowest BCUT2D eigenvalue weighted by Gasteiger charge is -2.08. The molecule has 0 saturated heterocycles. The van der Waals surface area contributed by atoms with E-state index < -0.39 is 0 Å². The number of rotatable bonds is 2. The number of nitrogens with zero attached hydrogens (tertiary/aromatic N) is 4. The van der Waals surface area contributed by atoms with Crippen LogP contribution in [0.25, 0.3) is 11.5 Å². The van der Waals surface area contributed by atoms with Crippen LogP contribution in [0.4, 0.5) is 0 Å². The van der Waals surface area contributed by atoms with Crippen LogP contribution in [0.3, 0.4) is 0 Å². The second-order valence-electron chi connectivity index (χ2n) is 3.58. The molecule has 0 aromatic carbocycles. The summed E-state index contributed by atoms with van der Waals surface area (Å²) in [6.07, 6.45) is 3.52. The summed E-state index contributed by atoms with van der Waals surface area (Å²) in [5.41, 5.74) is 2.02. The van der Waals surface area contributed by atoms with Gasteiger partial charge < -0.3 is 4.57 Å². The standard InChI is InChI=1S/C9H13N5/c1-6(2)14-5-11-13-9(14)8-7(3)4-10-12-8/h4-6H,1-3H3,(H,10,12). The average molecular weight is 191 g/mol. The van der Waals surface area contributed by atoms with Crippen LogP contribution in [-0.2, 0) is 0 Å². The van der Waals surface area contributed by atoms with Gasteiger partial charge in [-0.15, -0.1) is 10.2 Å². The van der Waals surface area contributed by atoms with Crippen molar-refractivity contribution in [3.63, 3.8) is 0 Å². The molecule has 0 spiro atoms. The summed E-state index contributed by atoms with van der Waals surface area (Å²) in [5, 5.41) is 14.9. The fourth-order valence-corrected chi connectivity index (χ4v) is 1.37. The highest BCUT2D eigenvalue weighted by Crippen LogP contribution is 2.20. The quantitative estimate of drug-likeness (QED) is 0.783. The van der Waals surface area contributed by atoms with Crippen molar-refractivity contribution in [3.05, 3.63) is 18.1 Å². The van der Waals surface area contributed by atoms with Crippen LogP contribution < -0.4 is 0 Å². The summed E-state index contributed by atoms with van der Waals surface area (Å²) in [7, 11) is 0. The summed E-state index contributed by atoms with van der Waals surface area (Å²) in [4.78, 5) is 0. The third-order valence-corrected chi connectivity index (χ3v) is 2.18. The Morgan fingerprint density at radius 3 is 2.79 bits per heavy atom. The zero-order chi connectivity index (χ0) is 10.1. The Morgan fingerprint density at radius 2 is 2.21 bits per heavy atom. The fourth-order valence-electron chi connectivity index (χ4n) is 1.37. The number of hydrogen-bond donors (Lipinski definition) is 1. The van der Waals surface area contributed by atoms with Gasteiger partial charge in [0.05, 0.1) is 6.20 Å². The Balaban J connectivity index is 2.52. The monoisotopic (exact) mass is 191 g/mol. The van der Waals surface area contributed by atoms with E-state index in [0.29, 0.717) is 6.04 Å². The second-order valence-corrected chi connectivity index (χ2v) is 3.58. The van der Waals surface area contributed by atoms with Crippen LogP contribution in [0.2, 0.25) is 0 Å². The number of hydrogen-bond acceptors (Lipinski definition) is 3. The molecule has 2 aromatic heterocycles. The van der Waals surface area contributed by atoms with Gasteiger partial charge in [0.2, 0.25) is 0 Å². The fraction of sp³-hybridized carbons (Fsp3) is 0.444. The Bertz CT molecular complexity index is 426. The predicted molar refractivity (Wildman–Crippen MR) is 52.7 cm³/mol. The maximum Gasteiger partial charge on any atom is 0.182 e. The van der Waals surface area contributed by atoms with Crippen molar-refractivity contribution in [2.45, 2.75) is 26.8 Å². The molecule has 5 heteroatoms. The molecule has 0 amide bonds. The molecule has 0 aliphatic carbocycles. The van der Waals surface area contributed by atoms with Gasteiger partial charge in [0.15, 0.2) is 5.82 Å². The Morgan fingerprint density at radius 1 is 1.43 bits per heavy atom. The molecule has 2 rings (SSSR count). The number of H-pyrrole nitrogens is 1. The Kier molecular flexibility index (Phi) is 2.07. The highest BCUT2D eigenvalue weighted by atomic mass is 15.3. The number of aromatic nitrogens is 5. The minimum atomic E-state index is 0.350. The highest BCUT2D eigenvalue weighted by Gasteiger charge is 2.12. The molecule has 2 aromatic rings. The predicted octanol–water partition coefficient (Wildman–Crippen LogP) is 1.56. The molecule has 1 N–H and O–H groups in total. The first-order valence-corrected chi connectivity index (χ1v) is 4.60. The van der Waals surface area contributed by atoms with Crippen LogP contribution in [-0.4, -0.2) is 25.0 Å². The SMILES string of the molecule is Cc1cn[nH]c1-c1nncn1C(C)C. The van der Waals surface area contributed by atoms with Crippen LogP contribution in [0.5, 0.6) is 0 Å². The van der Waals surface area contributed by atoms with E-state index in [9.17, 15) is 0 Å². The minimum Gasteiger partial charge on any atom is -0.310 e. The second kappa shape index (κ2) is 3.25. The summed E-state index contributed by atoms with van der Waals surface area (Å²) in [5.74, 6) is 0.843. The van der Waals surface area contributed by atoms with Gasteiger partial charge in [-0.25, -0.2) is 0 Å². The van der Waals surface area contributed by atoms with Crippen molar-refractivity contribution >= 4 is 0 Å². The normalized spacial score (nSPS) is 11.1. The Hall–Kier alpha value is -1.65. The van der Waals surface area contributed by atoms with Crippen LogP contribution in [0.15, 0.2) is 12.5 Å². The van der Waals surface area contributed by atoms with Crippen LogP contribution in [0.1, 0.15) is 25.5 Å². The maximum atomic E-state index is 4.08. The Labute approximate surface area is 82.2 Å². The molecular weight excluding hydrogens is 178 g/mol. The van der Waals surface area contributed by atoms with E-state index in [-0.39, 0.29) is 0 Å². The summed E-state index contributed by atoms with van der Waals surface area (Å²) < 4.78 is 2.01. The van der Waals surface area contributed by atoms with Crippen molar-refractivity contribution < 1.29 is 0 Å². The molecule has 74 valence electrons. The molecule has 0 atom stereocenters. The zero-order valence-electron chi connectivity index (χ0n) is 8.52. The third kappa shape index (κ3) is 1.30. The van der Waals surface area contributed by atoms with Crippen molar-refractivity contribution in [2.75, 3.05) is 0 Å². The van der Waals surface area contributed by atoms with Gasteiger partial charge >= 0.3 is 0 Å². The van der Waals surface area contributed by atoms with Gasteiger partial charge in [0.1, 0.15) is 12.0 Å². The van der Waals surface area contributed by atoms with E-state index >= 15 is 0 Å². The average Bonchev–Trinajstić information content (AvgIpc) is 2.70. The smallest absolute Gasteiger partial charge is 0.182 e. The molecule has 0 fully saturated rings. The molecule has 5 nitrogen and oxygen atoms in total. The summed E-state index contributed by atoms with van der Waals surface area (Å²) in [6.45, 7) is 6.19. The number of aromatic amines is 1. The minimum absolute atomic E-state index is 0.350. The van der Waals surface area contributed by atoms with E-state index in [1.807, 2.05) is 11.5 Å². The lowest BCUT2D eigenvalue weighted by Crippen LogP contribution is -2.02. The van der Waals surface area contributed by atoms with Gasteiger partial charge in [0.25, 0.3) is 0 Å². The first-order valence-electron chi connectivity index (χ1n) is 4.60. The molecule has 0 unspecified atom stereocenters. The van der Waals surface area contributed by atoms with E-state index in [1.165, 1.54) is 0 Å². The summed E-state index contributed by atoms with van der Waals surface area (Å²) in [6, 6.07) is 0.350.